The fourth-order valence-corrected chi connectivity index (χ4v) is 2.47. The molecule has 2 rings (SSSR count). The van der Waals surface area contributed by atoms with E-state index in [0.29, 0.717) is 0 Å². The van der Waals surface area contributed by atoms with Crippen molar-refractivity contribution >= 4 is 5.82 Å². The molecule has 0 bridgehead atoms. The second-order valence-electron chi connectivity index (χ2n) is 6.85. The molecule has 0 saturated heterocycles. The largest absolute Gasteiger partial charge is 0.305 e. The van der Waals surface area contributed by atoms with Crippen molar-refractivity contribution in [2.45, 2.75) is 58.9 Å². The van der Waals surface area contributed by atoms with Gasteiger partial charge >= 0.3 is 0 Å². The topological polar surface area (TPSA) is 37.0 Å². The molecule has 17 heavy (non-hydrogen) atoms. The van der Waals surface area contributed by atoms with Crippen LogP contribution in [0, 0.1) is 0 Å². The summed E-state index contributed by atoms with van der Waals surface area (Å²) in [4.78, 5) is 4.53. The lowest BCUT2D eigenvalue weighted by molar-refractivity contribution is 0.523. The van der Waals surface area contributed by atoms with Crippen LogP contribution in [0.4, 0.5) is 5.82 Å². The van der Waals surface area contributed by atoms with Gasteiger partial charge in [-0.15, -0.1) is 0 Å². The number of anilines is 1. The number of nitrogens with zero attached hydrogens (tertiary/aromatic N) is 1. The van der Waals surface area contributed by atoms with E-state index in [2.05, 4.69) is 57.4 Å². The third-order valence-corrected chi connectivity index (χ3v) is 3.21. The summed E-state index contributed by atoms with van der Waals surface area (Å²) < 4.78 is 0. The van der Waals surface area contributed by atoms with E-state index in [0.717, 1.165) is 12.4 Å². The van der Waals surface area contributed by atoms with Crippen molar-refractivity contribution in [1.29, 1.82) is 0 Å². The highest BCUT2D eigenvalue weighted by Crippen LogP contribution is 2.38. The smallest absolute Gasteiger partial charge is 0.145 e. The van der Waals surface area contributed by atoms with Crippen LogP contribution >= 0.6 is 0 Å². The molecule has 0 unspecified atom stereocenters. The van der Waals surface area contributed by atoms with Crippen LogP contribution in [0.15, 0.2) is 6.20 Å². The Hall–Kier alpha value is -1.09. The average molecular weight is 233 g/mol. The molecule has 0 saturated carbocycles. The number of hydrogen-bond acceptors (Lipinski definition) is 3. The lowest BCUT2D eigenvalue weighted by atomic mass is 9.74. The average Bonchev–Trinajstić information content (AvgIpc) is 2.59. The highest BCUT2D eigenvalue weighted by Gasteiger charge is 2.31. The van der Waals surface area contributed by atoms with Gasteiger partial charge in [-0.05, 0) is 22.0 Å². The zero-order valence-corrected chi connectivity index (χ0v) is 11.7. The van der Waals surface area contributed by atoms with E-state index in [1.54, 1.807) is 0 Å². The molecule has 0 atom stereocenters. The summed E-state index contributed by atoms with van der Waals surface area (Å²) >= 11 is 0. The second-order valence-corrected chi connectivity index (χ2v) is 6.85. The predicted octanol–water partition coefficient (Wildman–Crippen LogP) is 3.11. The minimum atomic E-state index is 0.132. The first-order valence-electron chi connectivity index (χ1n) is 6.23. The molecule has 0 fully saturated rings. The van der Waals surface area contributed by atoms with Gasteiger partial charge in [-0.25, -0.2) is 10.4 Å². The molecule has 94 valence electrons. The summed E-state index contributed by atoms with van der Waals surface area (Å²) in [5.74, 6) is 0.989. The van der Waals surface area contributed by atoms with Crippen LogP contribution in [0.1, 0.15) is 58.2 Å². The van der Waals surface area contributed by atoms with Crippen LogP contribution < -0.4 is 10.9 Å². The van der Waals surface area contributed by atoms with Gasteiger partial charge in [-0.1, -0.05) is 41.5 Å². The molecule has 0 amide bonds. The normalized spacial score (nSPS) is 15.6. The SMILES string of the molecule is CC(C)(C)c1cnc2c(c1C(C)(C)C)CNN2. The second kappa shape index (κ2) is 3.70. The van der Waals surface area contributed by atoms with Crippen molar-refractivity contribution in [3.05, 3.63) is 22.9 Å². The standard InChI is InChI=1S/C14H23N3/c1-13(2,3)10-8-15-12-9(7-16-17-12)11(10)14(4,5)6/h8,16H,7H2,1-6H3,(H,15,17). The van der Waals surface area contributed by atoms with Crippen molar-refractivity contribution in [1.82, 2.24) is 10.4 Å². The molecule has 3 nitrogen and oxygen atoms in total. The van der Waals surface area contributed by atoms with Crippen LogP contribution in [0.5, 0.6) is 0 Å². The summed E-state index contributed by atoms with van der Waals surface area (Å²) in [5.41, 5.74) is 10.7. The highest BCUT2D eigenvalue weighted by atomic mass is 15.4. The van der Waals surface area contributed by atoms with Crippen molar-refractivity contribution < 1.29 is 0 Å². The first-order chi connectivity index (χ1) is 7.71. The molecule has 1 aromatic heterocycles. The minimum absolute atomic E-state index is 0.132. The van der Waals surface area contributed by atoms with Crippen LogP contribution in [-0.4, -0.2) is 4.98 Å². The Labute approximate surface area is 104 Å². The Bertz CT molecular complexity index is 436. The number of rotatable bonds is 0. The molecule has 1 aliphatic rings. The third-order valence-electron chi connectivity index (χ3n) is 3.21. The summed E-state index contributed by atoms with van der Waals surface area (Å²) in [6, 6.07) is 0. The summed E-state index contributed by atoms with van der Waals surface area (Å²) in [6.45, 7) is 14.4. The molecule has 2 heterocycles. The maximum absolute atomic E-state index is 4.53. The van der Waals surface area contributed by atoms with E-state index in [4.69, 9.17) is 0 Å². The van der Waals surface area contributed by atoms with E-state index < -0.39 is 0 Å². The Morgan fingerprint density at radius 2 is 1.71 bits per heavy atom. The first-order valence-corrected chi connectivity index (χ1v) is 6.23. The lowest BCUT2D eigenvalue weighted by Crippen LogP contribution is -2.24. The molecule has 0 aliphatic carbocycles. The summed E-state index contributed by atoms with van der Waals surface area (Å²) in [7, 11) is 0. The van der Waals surface area contributed by atoms with E-state index in [-0.39, 0.29) is 10.8 Å². The van der Waals surface area contributed by atoms with Gasteiger partial charge in [0.1, 0.15) is 5.82 Å². The predicted molar refractivity (Wildman–Crippen MR) is 72.1 cm³/mol. The number of hydrazine groups is 1. The molecule has 0 spiro atoms. The first kappa shape index (κ1) is 12.4. The summed E-state index contributed by atoms with van der Waals surface area (Å²) in [6.07, 6.45) is 2.03. The van der Waals surface area contributed by atoms with Crippen molar-refractivity contribution in [2.24, 2.45) is 0 Å². The molecule has 0 radical (unpaired) electrons. The monoisotopic (exact) mass is 233 g/mol. The molecule has 0 aromatic carbocycles. The molecular weight excluding hydrogens is 210 g/mol. The number of aromatic nitrogens is 1. The van der Waals surface area contributed by atoms with Crippen LogP contribution in [-0.2, 0) is 17.4 Å². The van der Waals surface area contributed by atoms with Crippen LogP contribution in [0.25, 0.3) is 0 Å². The van der Waals surface area contributed by atoms with Gasteiger partial charge in [-0.2, -0.15) is 0 Å². The van der Waals surface area contributed by atoms with Gasteiger partial charge in [0.05, 0.1) is 0 Å². The number of hydrogen-bond donors (Lipinski definition) is 2. The van der Waals surface area contributed by atoms with E-state index in [1.165, 1.54) is 16.7 Å². The van der Waals surface area contributed by atoms with E-state index in [9.17, 15) is 0 Å². The van der Waals surface area contributed by atoms with Crippen LogP contribution in [0.3, 0.4) is 0 Å². The maximum atomic E-state index is 4.53. The Morgan fingerprint density at radius 3 is 2.24 bits per heavy atom. The Morgan fingerprint density at radius 1 is 1.06 bits per heavy atom. The zero-order chi connectivity index (χ0) is 12.8. The van der Waals surface area contributed by atoms with Gasteiger partial charge in [-0.3, -0.25) is 0 Å². The Balaban J connectivity index is 2.70. The number of fused-ring (bicyclic) bond motifs is 1. The van der Waals surface area contributed by atoms with Gasteiger partial charge < -0.3 is 5.43 Å². The minimum Gasteiger partial charge on any atom is -0.305 e. The quantitative estimate of drug-likeness (QED) is 0.723. The zero-order valence-electron chi connectivity index (χ0n) is 11.7. The molecule has 1 aromatic rings. The van der Waals surface area contributed by atoms with Crippen molar-refractivity contribution in [2.75, 3.05) is 5.43 Å². The summed E-state index contributed by atoms with van der Waals surface area (Å²) in [5, 5.41) is 0. The molecule has 3 heteroatoms. The Kier molecular flexibility index (Phi) is 2.69. The van der Waals surface area contributed by atoms with Gasteiger partial charge in [0.2, 0.25) is 0 Å². The lowest BCUT2D eigenvalue weighted by Gasteiger charge is -2.31. The van der Waals surface area contributed by atoms with Gasteiger partial charge in [0, 0.05) is 18.3 Å². The molecule has 2 N–H and O–H groups in total. The molecular formula is C14H23N3. The van der Waals surface area contributed by atoms with E-state index >= 15 is 0 Å². The van der Waals surface area contributed by atoms with Crippen molar-refractivity contribution in [3.63, 3.8) is 0 Å². The number of pyridine rings is 1. The maximum Gasteiger partial charge on any atom is 0.145 e. The fourth-order valence-electron chi connectivity index (χ4n) is 2.47. The van der Waals surface area contributed by atoms with Crippen molar-refractivity contribution in [3.8, 4) is 0 Å². The highest BCUT2D eigenvalue weighted by molar-refractivity contribution is 5.56. The fraction of sp³-hybridized carbons (Fsp3) is 0.643. The van der Waals surface area contributed by atoms with Gasteiger partial charge in [0.25, 0.3) is 0 Å². The van der Waals surface area contributed by atoms with Gasteiger partial charge in [0.15, 0.2) is 0 Å². The number of nitrogens with one attached hydrogen (secondary N) is 2. The molecule has 1 aliphatic heterocycles. The van der Waals surface area contributed by atoms with E-state index in [1.807, 2.05) is 6.20 Å². The third kappa shape index (κ3) is 2.16. The van der Waals surface area contributed by atoms with Crippen LogP contribution in [0.2, 0.25) is 0 Å².